The minimum atomic E-state index is -1.16. The molecule has 2 aromatic rings. The number of amides is 2. The molecule has 1 heterocycles. The quantitative estimate of drug-likeness (QED) is 0.523. The molecule has 0 N–H and O–H groups in total. The molecule has 9 heteroatoms. The highest BCUT2D eigenvalue weighted by Crippen LogP contribution is 2.38. The summed E-state index contributed by atoms with van der Waals surface area (Å²) >= 11 is 0. The predicted molar refractivity (Wildman–Crippen MR) is 114 cm³/mol. The molecule has 1 aliphatic heterocycles. The highest BCUT2D eigenvalue weighted by Gasteiger charge is 2.43. The highest BCUT2D eigenvalue weighted by atomic mass is 19.2. The predicted octanol–water partition coefficient (Wildman–Crippen LogP) is 2.85. The number of hydrogen-bond acceptors (Lipinski definition) is 6. The van der Waals surface area contributed by atoms with E-state index < -0.39 is 23.4 Å². The fourth-order valence-corrected chi connectivity index (χ4v) is 3.50. The Morgan fingerprint density at radius 3 is 2.12 bits per heavy atom. The number of nitrogens with zero attached hydrogens (tertiary/aromatic N) is 2. The second-order valence-corrected chi connectivity index (χ2v) is 6.94. The molecule has 170 valence electrons. The van der Waals surface area contributed by atoms with Gasteiger partial charge in [0.05, 0.1) is 31.6 Å². The van der Waals surface area contributed by atoms with Crippen molar-refractivity contribution in [2.75, 3.05) is 52.5 Å². The molecule has 0 saturated heterocycles. The van der Waals surface area contributed by atoms with Gasteiger partial charge in [-0.3, -0.25) is 9.59 Å². The van der Waals surface area contributed by atoms with Crippen molar-refractivity contribution in [3.8, 4) is 5.75 Å². The fraction of sp³-hybridized carbons (Fsp3) is 0.304. The van der Waals surface area contributed by atoms with E-state index in [0.717, 1.165) is 17.0 Å². The van der Waals surface area contributed by atoms with Gasteiger partial charge in [0.15, 0.2) is 11.6 Å². The molecule has 2 aromatic carbocycles. The van der Waals surface area contributed by atoms with Crippen molar-refractivity contribution < 1.29 is 32.6 Å². The molecule has 0 saturated carbocycles. The number of para-hydroxylation sites is 1. The maximum atomic E-state index is 13.9. The zero-order valence-electron chi connectivity index (χ0n) is 18.1. The number of carbonyl (C=O) groups is 2. The molecule has 0 radical (unpaired) electrons. The second-order valence-electron chi connectivity index (χ2n) is 6.94. The van der Waals surface area contributed by atoms with Crippen LogP contribution in [0, 0.1) is 11.6 Å². The number of carbonyl (C=O) groups excluding carboxylic acids is 2. The molecule has 0 spiro atoms. The van der Waals surface area contributed by atoms with E-state index in [9.17, 15) is 18.4 Å². The molecular formula is C23H24F2N2O5. The van der Waals surface area contributed by atoms with Gasteiger partial charge in [-0.2, -0.15) is 0 Å². The highest BCUT2D eigenvalue weighted by molar-refractivity contribution is 6.45. The van der Waals surface area contributed by atoms with Gasteiger partial charge in [0, 0.05) is 38.9 Å². The average Bonchev–Trinajstić information content (AvgIpc) is 3.05. The van der Waals surface area contributed by atoms with Crippen molar-refractivity contribution in [2.24, 2.45) is 0 Å². The monoisotopic (exact) mass is 446 g/mol. The molecule has 0 unspecified atom stereocenters. The zero-order valence-corrected chi connectivity index (χ0v) is 18.1. The van der Waals surface area contributed by atoms with Gasteiger partial charge in [0.2, 0.25) is 0 Å². The number of hydrogen-bond donors (Lipinski definition) is 0. The first kappa shape index (κ1) is 23.4. The normalized spacial score (nSPS) is 13.8. The molecule has 0 aliphatic carbocycles. The Labute approximate surface area is 184 Å². The number of rotatable bonds is 10. The molecular weight excluding hydrogens is 422 g/mol. The van der Waals surface area contributed by atoms with Gasteiger partial charge in [0.1, 0.15) is 11.4 Å². The van der Waals surface area contributed by atoms with Crippen LogP contribution in [0.3, 0.4) is 0 Å². The summed E-state index contributed by atoms with van der Waals surface area (Å²) in [5, 5.41) is 0. The van der Waals surface area contributed by atoms with Crippen molar-refractivity contribution in [1.82, 2.24) is 4.90 Å². The SMILES string of the molecule is COCCN(CCOC)C1=C(c2ccccc2OC)C(=O)N(c2ccc(F)c(F)c2)C1=O. The van der Waals surface area contributed by atoms with Crippen LogP contribution in [0.5, 0.6) is 5.75 Å². The molecule has 0 aromatic heterocycles. The topological polar surface area (TPSA) is 68.3 Å². The first-order valence-corrected chi connectivity index (χ1v) is 9.88. The molecule has 0 fully saturated rings. The Bertz CT molecular complexity index is 1030. The minimum absolute atomic E-state index is 0.0697. The van der Waals surface area contributed by atoms with E-state index >= 15 is 0 Å². The van der Waals surface area contributed by atoms with Gasteiger partial charge in [0.25, 0.3) is 11.8 Å². The second kappa shape index (κ2) is 10.3. The molecule has 1 aliphatic rings. The van der Waals surface area contributed by atoms with Crippen molar-refractivity contribution in [1.29, 1.82) is 0 Å². The van der Waals surface area contributed by atoms with Gasteiger partial charge >= 0.3 is 0 Å². The Kier molecular flexibility index (Phi) is 7.55. The van der Waals surface area contributed by atoms with E-state index in [-0.39, 0.29) is 17.0 Å². The van der Waals surface area contributed by atoms with Gasteiger partial charge < -0.3 is 19.1 Å². The van der Waals surface area contributed by atoms with Crippen molar-refractivity contribution >= 4 is 23.1 Å². The molecule has 0 atom stereocenters. The number of benzene rings is 2. The Morgan fingerprint density at radius 2 is 1.53 bits per heavy atom. The lowest BCUT2D eigenvalue weighted by atomic mass is 10.0. The van der Waals surface area contributed by atoms with Crippen LogP contribution in [-0.4, -0.2) is 64.3 Å². The van der Waals surface area contributed by atoms with E-state index in [4.69, 9.17) is 14.2 Å². The van der Waals surface area contributed by atoms with Crippen molar-refractivity contribution in [2.45, 2.75) is 0 Å². The summed E-state index contributed by atoms with van der Waals surface area (Å²) in [5.41, 5.74) is 0.552. The first-order valence-electron chi connectivity index (χ1n) is 9.88. The number of imide groups is 1. The number of halogens is 2. The Morgan fingerprint density at radius 1 is 0.875 bits per heavy atom. The Balaban J connectivity index is 2.18. The van der Waals surface area contributed by atoms with E-state index in [1.54, 1.807) is 29.2 Å². The molecule has 7 nitrogen and oxygen atoms in total. The summed E-state index contributed by atoms with van der Waals surface area (Å²) in [5.74, 6) is -3.17. The number of ether oxygens (including phenoxy) is 3. The summed E-state index contributed by atoms with van der Waals surface area (Å²) in [4.78, 5) is 29.6. The van der Waals surface area contributed by atoms with Crippen molar-refractivity contribution in [3.05, 3.63) is 65.4 Å². The van der Waals surface area contributed by atoms with Crippen LogP contribution in [0.2, 0.25) is 0 Å². The third-order valence-electron chi connectivity index (χ3n) is 5.04. The summed E-state index contributed by atoms with van der Waals surface area (Å²) < 4.78 is 43.1. The van der Waals surface area contributed by atoms with Gasteiger partial charge in [-0.15, -0.1) is 0 Å². The number of methoxy groups -OCH3 is 3. The molecule has 0 bridgehead atoms. The van der Waals surface area contributed by atoms with Gasteiger partial charge in [-0.1, -0.05) is 18.2 Å². The number of anilines is 1. The smallest absolute Gasteiger partial charge is 0.282 e. The minimum Gasteiger partial charge on any atom is -0.496 e. The summed E-state index contributed by atoms with van der Waals surface area (Å²) in [6.45, 7) is 1.19. The third-order valence-corrected chi connectivity index (χ3v) is 5.04. The lowest BCUT2D eigenvalue weighted by Gasteiger charge is -2.25. The first-order chi connectivity index (χ1) is 15.4. The lowest BCUT2D eigenvalue weighted by molar-refractivity contribution is -0.120. The van der Waals surface area contributed by atoms with Crippen LogP contribution in [0.15, 0.2) is 48.2 Å². The standard InChI is InChI=1S/C23H24F2N2O5/c1-30-12-10-26(11-13-31-2)21-20(16-6-4-5-7-19(16)32-3)22(28)27(23(21)29)15-8-9-17(24)18(25)14-15/h4-9,14H,10-13H2,1-3H3. The van der Waals surface area contributed by atoms with E-state index in [2.05, 4.69) is 0 Å². The molecule has 2 amide bonds. The van der Waals surface area contributed by atoms with E-state index in [0.29, 0.717) is 37.6 Å². The van der Waals surface area contributed by atoms with Crippen LogP contribution in [0.1, 0.15) is 5.56 Å². The average molecular weight is 446 g/mol. The van der Waals surface area contributed by atoms with E-state index in [1.165, 1.54) is 27.4 Å². The van der Waals surface area contributed by atoms with Crippen LogP contribution >= 0.6 is 0 Å². The van der Waals surface area contributed by atoms with E-state index in [1.807, 2.05) is 0 Å². The fourth-order valence-electron chi connectivity index (χ4n) is 3.50. The zero-order chi connectivity index (χ0) is 23.3. The van der Waals surface area contributed by atoms with Gasteiger partial charge in [-0.05, 0) is 18.2 Å². The Hall–Kier alpha value is -3.30. The molecule has 3 rings (SSSR count). The molecule has 32 heavy (non-hydrogen) atoms. The lowest BCUT2D eigenvalue weighted by Crippen LogP contribution is -2.37. The summed E-state index contributed by atoms with van der Waals surface area (Å²) in [6.07, 6.45) is 0. The van der Waals surface area contributed by atoms with Crippen LogP contribution in [0.25, 0.3) is 5.57 Å². The summed E-state index contributed by atoms with van der Waals surface area (Å²) in [7, 11) is 4.51. The maximum Gasteiger partial charge on any atom is 0.282 e. The van der Waals surface area contributed by atoms with Crippen molar-refractivity contribution in [3.63, 3.8) is 0 Å². The van der Waals surface area contributed by atoms with Crippen LogP contribution in [0.4, 0.5) is 14.5 Å². The van der Waals surface area contributed by atoms with Gasteiger partial charge in [-0.25, -0.2) is 13.7 Å². The summed E-state index contributed by atoms with van der Waals surface area (Å²) in [6, 6.07) is 9.68. The van der Waals surface area contributed by atoms with Crippen LogP contribution < -0.4 is 9.64 Å². The van der Waals surface area contributed by atoms with Crippen LogP contribution in [-0.2, 0) is 19.1 Å². The third kappa shape index (κ3) is 4.49. The largest absolute Gasteiger partial charge is 0.496 e. The maximum absolute atomic E-state index is 13.9.